The maximum atomic E-state index is 13.3. The van der Waals surface area contributed by atoms with Crippen LogP contribution in [0.3, 0.4) is 0 Å². The quantitative estimate of drug-likeness (QED) is 0.838. The monoisotopic (exact) mass is 293 g/mol. The summed E-state index contributed by atoms with van der Waals surface area (Å²) in [7, 11) is -4.11. The van der Waals surface area contributed by atoms with Gasteiger partial charge in [-0.05, 0) is 30.5 Å². The molecule has 0 saturated heterocycles. The fourth-order valence-corrected chi connectivity index (χ4v) is 2.57. The van der Waals surface area contributed by atoms with Crippen molar-refractivity contribution in [3.8, 4) is 0 Å². The summed E-state index contributed by atoms with van der Waals surface area (Å²) < 4.78 is 51.9. The molecule has 108 valence electrons. The van der Waals surface area contributed by atoms with Crippen LogP contribution in [0.15, 0.2) is 23.1 Å². The predicted molar refractivity (Wildman–Crippen MR) is 67.0 cm³/mol. The highest BCUT2D eigenvalue weighted by Crippen LogP contribution is 2.15. The Kier molecular flexibility index (Phi) is 5.39. The molecule has 0 heterocycles. The van der Waals surface area contributed by atoms with Crippen molar-refractivity contribution in [2.45, 2.75) is 31.3 Å². The molecule has 7 heteroatoms. The molecular weight excluding hydrogens is 276 g/mol. The second kappa shape index (κ2) is 6.40. The van der Waals surface area contributed by atoms with E-state index < -0.39 is 32.7 Å². The van der Waals surface area contributed by atoms with Gasteiger partial charge in [0.05, 0.1) is 6.10 Å². The van der Waals surface area contributed by atoms with E-state index >= 15 is 0 Å². The third-order valence-corrected chi connectivity index (χ3v) is 4.16. The highest BCUT2D eigenvalue weighted by molar-refractivity contribution is 7.89. The molecule has 0 spiro atoms. The van der Waals surface area contributed by atoms with Crippen LogP contribution in [0.4, 0.5) is 8.78 Å². The summed E-state index contributed by atoms with van der Waals surface area (Å²) >= 11 is 0. The Balaban J connectivity index is 2.74. The van der Waals surface area contributed by atoms with Gasteiger partial charge in [-0.15, -0.1) is 0 Å². The van der Waals surface area contributed by atoms with E-state index in [1.54, 1.807) is 13.8 Å². The number of nitrogens with one attached hydrogen (secondary N) is 1. The smallest absolute Gasteiger partial charge is 0.243 e. The van der Waals surface area contributed by atoms with Gasteiger partial charge in [-0.3, -0.25) is 0 Å². The number of halogens is 2. The van der Waals surface area contributed by atoms with Crippen molar-refractivity contribution < 1.29 is 22.3 Å². The molecular formula is C12H17F2NO3S. The number of benzene rings is 1. The molecule has 0 aromatic heterocycles. The lowest BCUT2D eigenvalue weighted by atomic mass is 10.1. The van der Waals surface area contributed by atoms with Crippen molar-refractivity contribution in [1.29, 1.82) is 0 Å². The molecule has 0 aliphatic rings. The molecule has 0 aliphatic carbocycles. The summed E-state index contributed by atoms with van der Waals surface area (Å²) in [5.74, 6) is -1.85. The lowest BCUT2D eigenvalue weighted by Gasteiger charge is -2.14. The van der Waals surface area contributed by atoms with E-state index in [0.717, 1.165) is 12.1 Å². The first-order valence-corrected chi connectivity index (χ1v) is 7.35. The Morgan fingerprint density at radius 1 is 1.32 bits per heavy atom. The molecule has 0 aliphatic heterocycles. The van der Waals surface area contributed by atoms with Crippen molar-refractivity contribution in [3.63, 3.8) is 0 Å². The minimum absolute atomic E-state index is 0.00425. The van der Waals surface area contributed by atoms with Gasteiger partial charge in [0.25, 0.3) is 0 Å². The number of aliphatic hydroxyl groups excluding tert-OH is 1. The lowest BCUT2D eigenvalue weighted by Crippen LogP contribution is -2.29. The zero-order valence-electron chi connectivity index (χ0n) is 10.7. The summed E-state index contributed by atoms with van der Waals surface area (Å²) in [6.07, 6.45) is -0.451. The summed E-state index contributed by atoms with van der Waals surface area (Å²) in [4.78, 5) is -0.730. The Morgan fingerprint density at radius 2 is 1.95 bits per heavy atom. The highest BCUT2D eigenvalue weighted by Gasteiger charge is 2.20. The number of aliphatic hydroxyl groups is 1. The molecule has 1 rings (SSSR count). The van der Waals surface area contributed by atoms with Crippen LogP contribution < -0.4 is 4.72 Å². The standard InChI is InChI=1S/C12H17F2NO3S/c1-8(2)11(16)5-6-15-19(17,18)12-7-9(13)3-4-10(12)14/h3-4,7-8,11,15-16H,5-6H2,1-2H3/t11-/m1/s1. The van der Waals surface area contributed by atoms with Gasteiger partial charge in [0.2, 0.25) is 10.0 Å². The molecule has 0 radical (unpaired) electrons. The molecule has 4 nitrogen and oxygen atoms in total. The van der Waals surface area contributed by atoms with Crippen molar-refractivity contribution >= 4 is 10.0 Å². The topological polar surface area (TPSA) is 66.4 Å². The Bertz CT molecular complexity index is 532. The van der Waals surface area contributed by atoms with Gasteiger partial charge >= 0.3 is 0 Å². The first-order chi connectivity index (χ1) is 8.74. The van der Waals surface area contributed by atoms with E-state index in [9.17, 15) is 22.3 Å². The first-order valence-electron chi connectivity index (χ1n) is 5.87. The molecule has 1 aromatic rings. The molecule has 0 unspecified atom stereocenters. The maximum Gasteiger partial charge on any atom is 0.243 e. The Morgan fingerprint density at radius 3 is 2.53 bits per heavy atom. The van der Waals surface area contributed by atoms with Crippen LogP contribution in [0.5, 0.6) is 0 Å². The van der Waals surface area contributed by atoms with Crippen LogP contribution in [-0.4, -0.2) is 26.2 Å². The molecule has 2 N–H and O–H groups in total. The normalized spacial score (nSPS) is 13.8. The van der Waals surface area contributed by atoms with Crippen molar-refractivity contribution in [2.75, 3.05) is 6.54 Å². The fraction of sp³-hybridized carbons (Fsp3) is 0.500. The van der Waals surface area contributed by atoms with Gasteiger partial charge in [-0.2, -0.15) is 0 Å². The molecule has 19 heavy (non-hydrogen) atoms. The van der Waals surface area contributed by atoms with Crippen molar-refractivity contribution in [2.24, 2.45) is 5.92 Å². The van der Waals surface area contributed by atoms with E-state index in [1.165, 1.54) is 0 Å². The van der Waals surface area contributed by atoms with Gasteiger partial charge in [-0.25, -0.2) is 21.9 Å². The average molecular weight is 293 g/mol. The van der Waals surface area contributed by atoms with Crippen LogP contribution in [0, 0.1) is 17.6 Å². The van der Waals surface area contributed by atoms with Gasteiger partial charge < -0.3 is 5.11 Å². The van der Waals surface area contributed by atoms with E-state index in [-0.39, 0.29) is 18.9 Å². The van der Waals surface area contributed by atoms with Crippen LogP contribution >= 0.6 is 0 Å². The first kappa shape index (κ1) is 16.0. The SMILES string of the molecule is CC(C)[C@H](O)CCNS(=O)(=O)c1cc(F)ccc1F. The molecule has 0 amide bonds. The Labute approximate surface area is 111 Å². The second-order valence-electron chi connectivity index (χ2n) is 4.57. The molecule has 0 fully saturated rings. The minimum atomic E-state index is -4.11. The average Bonchev–Trinajstić information content (AvgIpc) is 2.31. The Hall–Kier alpha value is -1.05. The number of hydrogen-bond acceptors (Lipinski definition) is 3. The zero-order chi connectivity index (χ0) is 14.6. The van der Waals surface area contributed by atoms with Crippen LogP contribution in [0.25, 0.3) is 0 Å². The second-order valence-corrected chi connectivity index (χ2v) is 6.31. The predicted octanol–water partition coefficient (Wildman–Crippen LogP) is 1.65. The van der Waals surface area contributed by atoms with E-state index in [2.05, 4.69) is 4.72 Å². The summed E-state index contributed by atoms with van der Waals surface area (Å²) in [6.45, 7) is 3.55. The number of rotatable bonds is 6. The van der Waals surface area contributed by atoms with Gasteiger partial charge in [0.1, 0.15) is 16.5 Å². The number of sulfonamides is 1. The van der Waals surface area contributed by atoms with E-state index in [0.29, 0.717) is 6.07 Å². The lowest BCUT2D eigenvalue weighted by molar-refractivity contribution is 0.118. The molecule has 1 atom stereocenters. The third-order valence-electron chi connectivity index (χ3n) is 2.68. The van der Waals surface area contributed by atoms with Crippen LogP contribution in [-0.2, 0) is 10.0 Å². The van der Waals surface area contributed by atoms with Gasteiger partial charge in [0, 0.05) is 6.54 Å². The highest BCUT2D eigenvalue weighted by atomic mass is 32.2. The zero-order valence-corrected chi connectivity index (χ0v) is 11.5. The molecule has 0 saturated carbocycles. The minimum Gasteiger partial charge on any atom is -0.393 e. The summed E-state index contributed by atoms with van der Waals surface area (Å²) in [5, 5.41) is 9.52. The number of hydrogen-bond donors (Lipinski definition) is 2. The van der Waals surface area contributed by atoms with Gasteiger partial charge in [-0.1, -0.05) is 13.8 Å². The van der Waals surface area contributed by atoms with Crippen LogP contribution in [0.1, 0.15) is 20.3 Å². The van der Waals surface area contributed by atoms with Crippen molar-refractivity contribution in [1.82, 2.24) is 4.72 Å². The molecule has 0 bridgehead atoms. The van der Waals surface area contributed by atoms with Crippen LogP contribution in [0.2, 0.25) is 0 Å². The van der Waals surface area contributed by atoms with Crippen molar-refractivity contribution in [3.05, 3.63) is 29.8 Å². The summed E-state index contributed by atoms with van der Waals surface area (Å²) in [6, 6.07) is 2.22. The largest absolute Gasteiger partial charge is 0.393 e. The third kappa shape index (κ3) is 4.52. The summed E-state index contributed by atoms with van der Waals surface area (Å²) in [5.41, 5.74) is 0. The molecule has 1 aromatic carbocycles. The van der Waals surface area contributed by atoms with E-state index in [1.807, 2.05) is 0 Å². The van der Waals surface area contributed by atoms with Gasteiger partial charge in [0.15, 0.2) is 0 Å². The van der Waals surface area contributed by atoms with E-state index in [4.69, 9.17) is 0 Å². The maximum absolute atomic E-state index is 13.3. The fourth-order valence-electron chi connectivity index (χ4n) is 1.44.